The van der Waals surface area contributed by atoms with Gasteiger partial charge in [0.05, 0.1) is 10.9 Å². The number of benzene rings is 2. The first-order chi connectivity index (χ1) is 12.5. The molecule has 0 aliphatic carbocycles. The van der Waals surface area contributed by atoms with Crippen molar-refractivity contribution in [1.82, 2.24) is 9.62 Å². The highest BCUT2D eigenvalue weighted by atomic mass is 32.2. The maximum Gasteiger partial charge on any atom is 0.254 e. The predicted octanol–water partition coefficient (Wildman–Crippen LogP) is 3.48. The van der Waals surface area contributed by atoms with Gasteiger partial charge in [0.1, 0.15) is 0 Å². The van der Waals surface area contributed by atoms with Crippen molar-refractivity contribution in [2.24, 2.45) is 0 Å². The summed E-state index contributed by atoms with van der Waals surface area (Å²) >= 11 is 0. The highest BCUT2D eigenvalue weighted by molar-refractivity contribution is 7.89. The minimum absolute atomic E-state index is 0.0177. The summed E-state index contributed by atoms with van der Waals surface area (Å²) in [6.45, 7) is 5.07. The lowest BCUT2D eigenvalue weighted by Crippen LogP contribution is -2.31. The summed E-state index contributed by atoms with van der Waals surface area (Å²) in [5.41, 5.74) is 0.605. The van der Waals surface area contributed by atoms with Crippen LogP contribution in [0, 0.1) is 11.6 Å². The van der Waals surface area contributed by atoms with Gasteiger partial charge in [-0.25, -0.2) is 21.9 Å². The van der Waals surface area contributed by atoms with Crippen LogP contribution >= 0.6 is 0 Å². The minimum Gasteiger partial charge on any atom is -0.335 e. The molecule has 1 atom stereocenters. The van der Waals surface area contributed by atoms with Crippen LogP contribution in [0.2, 0.25) is 0 Å². The highest BCUT2D eigenvalue weighted by Gasteiger charge is 2.22. The first-order valence-electron chi connectivity index (χ1n) is 8.37. The predicted molar refractivity (Wildman–Crippen MR) is 98.8 cm³/mol. The summed E-state index contributed by atoms with van der Waals surface area (Å²) < 4.78 is 53.6. The Balaban J connectivity index is 2.29. The van der Waals surface area contributed by atoms with Crippen molar-refractivity contribution in [2.75, 3.05) is 7.05 Å². The van der Waals surface area contributed by atoms with Crippen molar-refractivity contribution in [1.29, 1.82) is 0 Å². The first kappa shape index (κ1) is 21.0. The van der Waals surface area contributed by atoms with E-state index in [-0.39, 0.29) is 16.5 Å². The Morgan fingerprint density at radius 3 is 2.30 bits per heavy atom. The molecular weight excluding hydrogens is 374 g/mol. The van der Waals surface area contributed by atoms with Gasteiger partial charge in [0, 0.05) is 18.7 Å². The molecule has 0 aromatic heterocycles. The van der Waals surface area contributed by atoms with Crippen molar-refractivity contribution in [3.05, 3.63) is 65.2 Å². The molecule has 0 bridgehead atoms. The van der Waals surface area contributed by atoms with E-state index in [2.05, 4.69) is 4.72 Å². The highest BCUT2D eigenvalue weighted by Crippen LogP contribution is 2.23. The Kier molecular flexibility index (Phi) is 6.33. The number of hydrogen-bond acceptors (Lipinski definition) is 3. The summed E-state index contributed by atoms with van der Waals surface area (Å²) in [5, 5.41) is 0. The van der Waals surface area contributed by atoms with Crippen LogP contribution in [0.3, 0.4) is 0 Å². The second-order valence-corrected chi connectivity index (χ2v) is 8.28. The van der Waals surface area contributed by atoms with Crippen LogP contribution in [-0.4, -0.2) is 32.3 Å². The van der Waals surface area contributed by atoms with E-state index in [1.807, 2.05) is 0 Å². The van der Waals surface area contributed by atoms with Gasteiger partial charge in [-0.05, 0) is 56.7 Å². The minimum atomic E-state index is -3.74. The molecule has 8 heteroatoms. The Morgan fingerprint density at radius 2 is 1.70 bits per heavy atom. The molecule has 1 unspecified atom stereocenters. The molecule has 0 heterocycles. The summed E-state index contributed by atoms with van der Waals surface area (Å²) in [6.07, 6.45) is 0. The SMILES string of the molecule is CC(C)NS(=O)(=O)c1cccc(C(=O)N(C)C(C)c2ccc(F)c(F)c2)c1. The van der Waals surface area contributed by atoms with Crippen LogP contribution in [-0.2, 0) is 10.0 Å². The maximum atomic E-state index is 13.5. The standard InChI is InChI=1S/C19H22F2N2O3S/c1-12(2)22-27(25,26)16-7-5-6-15(10-16)19(24)23(4)13(3)14-8-9-17(20)18(21)11-14/h5-13,22H,1-4H3. The van der Waals surface area contributed by atoms with E-state index in [9.17, 15) is 22.0 Å². The van der Waals surface area contributed by atoms with Crippen molar-refractivity contribution >= 4 is 15.9 Å². The molecule has 0 saturated carbocycles. The molecule has 0 radical (unpaired) electrons. The van der Waals surface area contributed by atoms with Crippen LogP contribution in [0.15, 0.2) is 47.4 Å². The van der Waals surface area contributed by atoms with Crippen LogP contribution in [0.4, 0.5) is 8.78 Å². The van der Waals surface area contributed by atoms with Gasteiger partial charge >= 0.3 is 0 Å². The Bertz CT molecular complexity index is 946. The molecule has 0 aliphatic rings. The number of carbonyl (C=O) groups excluding carboxylic acids is 1. The molecule has 2 aromatic rings. The molecule has 1 amide bonds. The number of halogens is 2. The zero-order chi connectivity index (χ0) is 20.4. The fourth-order valence-electron chi connectivity index (χ4n) is 2.55. The second kappa shape index (κ2) is 8.14. The van der Waals surface area contributed by atoms with Crippen LogP contribution in [0.5, 0.6) is 0 Å². The third kappa shape index (κ3) is 4.90. The van der Waals surface area contributed by atoms with Gasteiger partial charge < -0.3 is 4.90 Å². The molecule has 1 N–H and O–H groups in total. The number of nitrogens with one attached hydrogen (secondary N) is 1. The molecule has 27 heavy (non-hydrogen) atoms. The Morgan fingerprint density at radius 1 is 1.04 bits per heavy atom. The Hall–Kier alpha value is -2.32. The fraction of sp³-hybridized carbons (Fsp3) is 0.316. The van der Waals surface area contributed by atoms with Crippen molar-refractivity contribution in [3.63, 3.8) is 0 Å². The first-order valence-corrected chi connectivity index (χ1v) is 9.85. The third-order valence-electron chi connectivity index (χ3n) is 4.11. The molecule has 2 aromatic carbocycles. The third-order valence-corrected chi connectivity index (χ3v) is 5.77. The van der Waals surface area contributed by atoms with E-state index in [4.69, 9.17) is 0 Å². The van der Waals surface area contributed by atoms with Crippen LogP contribution in [0.25, 0.3) is 0 Å². The van der Waals surface area contributed by atoms with E-state index in [0.717, 1.165) is 12.1 Å². The van der Waals surface area contributed by atoms with E-state index in [0.29, 0.717) is 5.56 Å². The molecular formula is C19H22F2N2O3S. The lowest BCUT2D eigenvalue weighted by Gasteiger charge is -2.25. The van der Waals surface area contributed by atoms with Gasteiger partial charge in [0.2, 0.25) is 10.0 Å². The van der Waals surface area contributed by atoms with Gasteiger partial charge in [0.15, 0.2) is 11.6 Å². The lowest BCUT2D eigenvalue weighted by atomic mass is 10.1. The summed E-state index contributed by atoms with van der Waals surface area (Å²) in [4.78, 5) is 14.1. The normalized spacial score (nSPS) is 12.9. The average Bonchev–Trinajstić information content (AvgIpc) is 2.61. The molecule has 5 nitrogen and oxygen atoms in total. The monoisotopic (exact) mass is 396 g/mol. The van der Waals surface area contributed by atoms with Gasteiger partial charge in [-0.2, -0.15) is 0 Å². The average molecular weight is 396 g/mol. The molecule has 146 valence electrons. The number of hydrogen-bond donors (Lipinski definition) is 1. The summed E-state index contributed by atoms with van der Waals surface area (Å²) in [5.74, 6) is -2.39. The number of sulfonamides is 1. The van der Waals surface area contributed by atoms with Gasteiger partial charge in [0.25, 0.3) is 5.91 Å². The molecule has 0 aliphatic heterocycles. The zero-order valence-electron chi connectivity index (χ0n) is 15.5. The maximum absolute atomic E-state index is 13.5. The largest absolute Gasteiger partial charge is 0.335 e. The Labute approximate surface area is 158 Å². The van der Waals surface area contributed by atoms with Crippen molar-refractivity contribution < 1.29 is 22.0 Å². The van der Waals surface area contributed by atoms with E-state index < -0.39 is 33.6 Å². The smallest absolute Gasteiger partial charge is 0.254 e. The summed E-state index contributed by atoms with van der Waals surface area (Å²) in [7, 11) is -2.22. The van der Waals surface area contributed by atoms with Crippen molar-refractivity contribution in [3.8, 4) is 0 Å². The van der Waals surface area contributed by atoms with Crippen LogP contribution in [0.1, 0.15) is 42.7 Å². The molecule has 0 saturated heterocycles. The number of nitrogens with zero attached hydrogens (tertiary/aromatic N) is 1. The lowest BCUT2D eigenvalue weighted by molar-refractivity contribution is 0.0742. The van der Waals surface area contributed by atoms with Crippen LogP contribution < -0.4 is 4.72 Å². The quantitative estimate of drug-likeness (QED) is 0.813. The molecule has 2 rings (SSSR count). The molecule has 0 fully saturated rings. The van der Waals surface area contributed by atoms with Crippen molar-refractivity contribution in [2.45, 2.75) is 37.8 Å². The van der Waals surface area contributed by atoms with Gasteiger partial charge in [-0.15, -0.1) is 0 Å². The number of amides is 1. The van der Waals surface area contributed by atoms with Gasteiger partial charge in [-0.3, -0.25) is 4.79 Å². The fourth-order valence-corrected chi connectivity index (χ4v) is 3.85. The van der Waals surface area contributed by atoms with E-state index in [1.54, 1.807) is 20.8 Å². The van der Waals surface area contributed by atoms with Gasteiger partial charge in [-0.1, -0.05) is 12.1 Å². The number of carbonyl (C=O) groups is 1. The van der Waals surface area contributed by atoms with E-state index >= 15 is 0 Å². The number of rotatable bonds is 6. The zero-order valence-corrected chi connectivity index (χ0v) is 16.3. The van der Waals surface area contributed by atoms with E-state index in [1.165, 1.54) is 42.3 Å². The molecule has 0 spiro atoms. The second-order valence-electron chi connectivity index (χ2n) is 6.57. The topological polar surface area (TPSA) is 66.5 Å². The summed E-state index contributed by atoms with van der Waals surface area (Å²) in [6, 6.07) is 8.31.